The summed E-state index contributed by atoms with van der Waals surface area (Å²) in [6.07, 6.45) is 4.13. The number of aliphatic hydroxyl groups is 1. The summed E-state index contributed by atoms with van der Waals surface area (Å²) in [6.45, 7) is 1.75. The first kappa shape index (κ1) is 15.1. The molecule has 2 aliphatic rings. The second-order valence-corrected chi connectivity index (χ2v) is 7.04. The van der Waals surface area contributed by atoms with Crippen LogP contribution in [-0.4, -0.2) is 40.5 Å². The monoisotopic (exact) mass is 355 g/mol. The number of carbonyl (C=O) groups is 1. The lowest BCUT2D eigenvalue weighted by molar-refractivity contribution is -0.0372. The number of nitrogens with zero attached hydrogens (tertiary/aromatic N) is 1. The molecule has 5 heteroatoms. The fourth-order valence-corrected chi connectivity index (χ4v) is 3.90. The van der Waals surface area contributed by atoms with Crippen LogP contribution in [0.15, 0.2) is 22.7 Å². The van der Waals surface area contributed by atoms with Gasteiger partial charge in [-0.05, 0) is 50.4 Å². The number of benzene rings is 1. The van der Waals surface area contributed by atoms with Crippen LogP contribution < -0.4 is 0 Å². The van der Waals surface area contributed by atoms with E-state index in [0.29, 0.717) is 23.9 Å². The molecule has 2 saturated heterocycles. The van der Waals surface area contributed by atoms with Crippen molar-refractivity contribution in [1.82, 2.24) is 4.90 Å². The molecule has 2 heterocycles. The van der Waals surface area contributed by atoms with E-state index in [1.807, 2.05) is 0 Å². The highest BCUT2D eigenvalue weighted by Crippen LogP contribution is 2.35. The van der Waals surface area contributed by atoms with E-state index in [9.17, 15) is 14.3 Å². The van der Waals surface area contributed by atoms with E-state index in [1.165, 1.54) is 18.6 Å². The van der Waals surface area contributed by atoms with E-state index in [2.05, 4.69) is 20.8 Å². The molecule has 0 spiro atoms. The molecule has 1 aromatic rings. The third kappa shape index (κ3) is 2.91. The van der Waals surface area contributed by atoms with E-state index >= 15 is 0 Å². The standard InChI is InChI=1S/C16H19BrFNO2/c17-11-4-5-14(18)13(9-11)15(20)16(21)6-8-19-7-2-1-3-12(19)10-16/h4-5,9,12,21H,1-3,6-8,10H2. The number of rotatable bonds is 2. The maximum atomic E-state index is 13.9. The predicted octanol–water partition coefficient (Wildman–Crippen LogP) is 3.15. The molecule has 2 aliphatic heterocycles. The topological polar surface area (TPSA) is 40.5 Å². The Morgan fingerprint density at radius 3 is 3.00 bits per heavy atom. The minimum Gasteiger partial charge on any atom is -0.382 e. The maximum Gasteiger partial charge on any atom is 0.197 e. The summed E-state index contributed by atoms with van der Waals surface area (Å²) in [7, 11) is 0. The van der Waals surface area contributed by atoms with Crippen molar-refractivity contribution >= 4 is 21.7 Å². The molecule has 1 N–H and O–H groups in total. The normalized spacial score (nSPS) is 30.0. The number of hydrogen-bond donors (Lipinski definition) is 1. The largest absolute Gasteiger partial charge is 0.382 e. The van der Waals surface area contributed by atoms with Crippen molar-refractivity contribution in [2.24, 2.45) is 0 Å². The molecule has 3 rings (SSSR count). The maximum absolute atomic E-state index is 13.9. The van der Waals surface area contributed by atoms with Gasteiger partial charge in [-0.25, -0.2) is 4.39 Å². The third-order valence-corrected chi connectivity index (χ3v) is 5.22. The fourth-order valence-electron chi connectivity index (χ4n) is 3.53. The molecule has 114 valence electrons. The highest BCUT2D eigenvalue weighted by Gasteiger charge is 2.45. The second-order valence-electron chi connectivity index (χ2n) is 6.12. The second kappa shape index (κ2) is 5.78. The SMILES string of the molecule is O=C(c1cc(Br)ccc1F)C1(O)CCN2CCCCC2C1. The Kier molecular flexibility index (Phi) is 4.17. The molecule has 3 nitrogen and oxygen atoms in total. The molecule has 2 fully saturated rings. The summed E-state index contributed by atoms with van der Waals surface area (Å²) >= 11 is 3.25. The average Bonchev–Trinajstić information content (AvgIpc) is 2.49. The summed E-state index contributed by atoms with van der Waals surface area (Å²) in [4.78, 5) is 15.0. The van der Waals surface area contributed by atoms with Gasteiger partial charge in [-0.1, -0.05) is 22.4 Å². The molecule has 1 aromatic carbocycles. The van der Waals surface area contributed by atoms with Crippen LogP contribution in [0.3, 0.4) is 0 Å². The molecule has 0 aromatic heterocycles. The Balaban J connectivity index is 1.84. The number of hydrogen-bond acceptors (Lipinski definition) is 3. The summed E-state index contributed by atoms with van der Waals surface area (Å²) < 4.78 is 14.6. The van der Waals surface area contributed by atoms with E-state index in [1.54, 1.807) is 6.07 Å². The first-order chi connectivity index (χ1) is 9.99. The van der Waals surface area contributed by atoms with Gasteiger partial charge in [0.05, 0.1) is 5.56 Å². The van der Waals surface area contributed by atoms with Crippen molar-refractivity contribution in [3.63, 3.8) is 0 Å². The van der Waals surface area contributed by atoms with Gasteiger partial charge in [-0.15, -0.1) is 0 Å². The Morgan fingerprint density at radius 2 is 2.19 bits per heavy atom. The zero-order valence-electron chi connectivity index (χ0n) is 11.8. The Hall–Kier alpha value is -0.780. The van der Waals surface area contributed by atoms with Crippen LogP contribution in [0.1, 0.15) is 42.5 Å². The van der Waals surface area contributed by atoms with Crippen LogP contribution in [0.25, 0.3) is 0 Å². The Bertz CT molecular complexity index is 565. The lowest BCUT2D eigenvalue weighted by Crippen LogP contribution is -2.55. The van der Waals surface area contributed by atoms with Crippen LogP contribution in [0.4, 0.5) is 4.39 Å². The van der Waals surface area contributed by atoms with Crippen LogP contribution in [0.2, 0.25) is 0 Å². The fraction of sp³-hybridized carbons (Fsp3) is 0.562. The lowest BCUT2D eigenvalue weighted by atomic mass is 9.78. The average molecular weight is 356 g/mol. The van der Waals surface area contributed by atoms with Crippen molar-refractivity contribution in [3.05, 3.63) is 34.1 Å². The van der Waals surface area contributed by atoms with Gasteiger partial charge in [0.2, 0.25) is 0 Å². The molecule has 0 amide bonds. The number of halogens is 2. The van der Waals surface area contributed by atoms with E-state index in [4.69, 9.17) is 0 Å². The van der Waals surface area contributed by atoms with Gasteiger partial charge in [0.15, 0.2) is 5.78 Å². The summed E-state index contributed by atoms with van der Waals surface area (Å²) in [5.41, 5.74) is -1.45. The summed E-state index contributed by atoms with van der Waals surface area (Å²) in [5, 5.41) is 10.8. The highest BCUT2D eigenvalue weighted by atomic mass is 79.9. The van der Waals surface area contributed by atoms with E-state index < -0.39 is 17.2 Å². The van der Waals surface area contributed by atoms with Gasteiger partial charge in [0, 0.05) is 17.1 Å². The van der Waals surface area contributed by atoms with E-state index in [-0.39, 0.29) is 11.6 Å². The highest BCUT2D eigenvalue weighted by molar-refractivity contribution is 9.10. The number of fused-ring (bicyclic) bond motifs is 1. The molecule has 2 unspecified atom stereocenters. The smallest absolute Gasteiger partial charge is 0.197 e. The minimum atomic E-state index is -1.43. The molecular weight excluding hydrogens is 337 g/mol. The number of carbonyl (C=O) groups excluding carboxylic acids is 1. The van der Waals surface area contributed by atoms with Crippen molar-refractivity contribution in [2.75, 3.05) is 13.1 Å². The van der Waals surface area contributed by atoms with Crippen LogP contribution in [0, 0.1) is 5.82 Å². The zero-order chi connectivity index (χ0) is 15.0. The van der Waals surface area contributed by atoms with Gasteiger partial charge in [0.1, 0.15) is 11.4 Å². The molecule has 2 atom stereocenters. The molecule has 0 aliphatic carbocycles. The van der Waals surface area contributed by atoms with Gasteiger partial charge in [-0.2, -0.15) is 0 Å². The third-order valence-electron chi connectivity index (χ3n) is 4.73. The summed E-state index contributed by atoms with van der Waals surface area (Å²) in [5.74, 6) is -1.05. The van der Waals surface area contributed by atoms with Crippen LogP contribution in [-0.2, 0) is 0 Å². The van der Waals surface area contributed by atoms with Crippen molar-refractivity contribution in [3.8, 4) is 0 Å². The van der Waals surface area contributed by atoms with Gasteiger partial charge in [0.25, 0.3) is 0 Å². The first-order valence-electron chi connectivity index (χ1n) is 7.46. The molecular formula is C16H19BrFNO2. The van der Waals surface area contributed by atoms with Crippen LogP contribution in [0.5, 0.6) is 0 Å². The minimum absolute atomic E-state index is 0.0175. The van der Waals surface area contributed by atoms with Gasteiger partial charge >= 0.3 is 0 Å². The molecule has 0 radical (unpaired) electrons. The van der Waals surface area contributed by atoms with Crippen molar-refractivity contribution in [2.45, 2.75) is 43.7 Å². The van der Waals surface area contributed by atoms with Crippen molar-refractivity contribution < 1.29 is 14.3 Å². The molecule has 0 bridgehead atoms. The predicted molar refractivity (Wildman–Crippen MR) is 81.8 cm³/mol. The molecule has 21 heavy (non-hydrogen) atoms. The number of piperidine rings is 2. The van der Waals surface area contributed by atoms with Gasteiger partial charge in [-0.3, -0.25) is 4.79 Å². The first-order valence-corrected chi connectivity index (χ1v) is 8.25. The zero-order valence-corrected chi connectivity index (χ0v) is 13.4. The lowest BCUT2D eigenvalue weighted by Gasteiger charge is -2.45. The van der Waals surface area contributed by atoms with E-state index in [0.717, 1.165) is 19.4 Å². The number of ketones is 1. The molecule has 0 saturated carbocycles. The van der Waals surface area contributed by atoms with Crippen molar-refractivity contribution in [1.29, 1.82) is 0 Å². The Morgan fingerprint density at radius 1 is 1.38 bits per heavy atom. The van der Waals surface area contributed by atoms with Gasteiger partial charge < -0.3 is 10.0 Å². The van der Waals surface area contributed by atoms with Crippen LogP contribution >= 0.6 is 15.9 Å². The quantitative estimate of drug-likeness (QED) is 0.828. The Labute approximate surface area is 132 Å². The number of Topliss-reactive ketones (excluding diaryl/α,β-unsaturated/α-hetero) is 1. The summed E-state index contributed by atoms with van der Waals surface area (Å²) in [6, 6.07) is 4.52.